The summed E-state index contributed by atoms with van der Waals surface area (Å²) >= 11 is 0. The quantitative estimate of drug-likeness (QED) is 0.244. The molecule has 1 aliphatic heterocycles. The molecule has 5 atom stereocenters. The van der Waals surface area contributed by atoms with E-state index < -0.39 is 48.5 Å². The molecule has 1 aromatic heterocycles. The van der Waals surface area contributed by atoms with Gasteiger partial charge in [0, 0.05) is 11.6 Å². The number of hydrogen-bond acceptors (Lipinski definition) is 13. The number of aliphatic hydroxyl groups is 4. The van der Waals surface area contributed by atoms with Gasteiger partial charge in [-0.05, 0) is 18.2 Å². The van der Waals surface area contributed by atoms with E-state index in [0.717, 1.165) is 6.07 Å². The molecule has 1 saturated heterocycles. The van der Waals surface area contributed by atoms with E-state index in [4.69, 9.17) is 28.1 Å². The molecule has 2 aromatic carbocycles. The van der Waals surface area contributed by atoms with E-state index in [1.807, 2.05) is 0 Å². The monoisotopic (exact) mass is 522 g/mol. The van der Waals surface area contributed by atoms with Gasteiger partial charge in [0.05, 0.1) is 27.9 Å². The van der Waals surface area contributed by atoms with Gasteiger partial charge >= 0.3 is 0 Å². The number of aromatic hydroxyl groups is 2. The predicted molar refractivity (Wildman–Crippen MR) is 125 cm³/mol. The third kappa shape index (κ3) is 4.47. The first-order valence-corrected chi connectivity index (χ1v) is 11.0. The molecule has 1 aliphatic rings. The molecule has 0 spiro atoms. The normalized spacial score (nSPS) is 23.6. The summed E-state index contributed by atoms with van der Waals surface area (Å²) in [4.78, 5) is 13.1. The number of rotatable bonds is 7. The van der Waals surface area contributed by atoms with Gasteiger partial charge in [0.25, 0.3) is 0 Å². The topological polar surface area (TPSA) is 198 Å². The Morgan fingerprint density at radius 3 is 2.22 bits per heavy atom. The molecule has 0 aliphatic carbocycles. The maximum Gasteiger partial charge on any atom is 0.229 e. The summed E-state index contributed by atoms with van der Waals surface area (Å²) in [6.45, 7) is -0.698. The van der Waals surface area contributed by atoms with Crippen LogP contribution < -0.4 is 24.4 Å². The second-order valence-electron chi connectivity index (χ2n) is 8.13. The van der Waals surface area contributed by atoms with Crippen LogP contribution in [-0.2, 0) is 4.74 Å². The Hall–Kier alpha value is -3.75. The van der Waals surface area contributed by atoms with Crippen molar-refractivity contribution in [2.45, 2.75) is 30.7 Å². The van der Waals surface area contributed by atoms with Crippen molar-refractivity contribution in [2.75, 3.05) is 27.9 Å². The van der Waals surface area contributed by atoms with Crippen LogP contribution in [0.15, 0.2) is 33.5 Å². The Kier molecular flexibility index (Phi) is 7.34. The van der Waals surface area contributed by atoms with Crippen LogP contribution >= 0.6 is 0 Å². The molecule has 37 heavy (non-hydrogen) atoms. The third-order valence-electron chi connectivity index (χ3n) is 5.97. The van der Waals surface area contributed by atoms with E-state index in [9.17, 15) is 35.4 Å². The lowest BCUT2D eigenvalue weighted by atomic mass is 9.99. The number of aliphatic hydroxyl groups excluding tert-OH is 4. The SMILES string of the molecule is COc1cc(-c2cc(=O)c3c(O)c(OC)c(O[C@@H]4O[C@H](CO)[C@@H](O)[C@H](O)[C@H]4O)c(OC)c3o2)ccc1O. The van der Waals surface area contributed by atoms with E-state index in [1.165, 1.54) is 39.5 Å². The van der Waals surface area contributed by atoms with Crippen LogP contribution in [0.25, 0.3) is 22.3 Å². The molecule has 6 N–H and O–H groups in total. The second kappa shape index (κ2) is 10.3. The number of phenolic OH excluding ortho intramolecular Hbond substituents is 2. The number of ether oxygens (including phenoxy) is 5. The fourth-order valence-corrected chi connectivity index (χ4v) is 4.04. The Bertz CT molecular complexity index is 1350. The molecule has 0 unspecified atom stereocenters. The van der Waals surface area contributed by atoms with Gasteiger partial charge in [-0.25, -0.2) is 0 Å². The smallest absolute Gasteiger partial charge is 0.229 e. The highest BCUT2D eigenvalue weighted by Gasteiger charge is 2.45. The minimum atomic E-state index is -1.78. The average molecular weight is 522 g/mol. The summed E-state index contributed by atoms with van der Waals surface area (Å²) in [5, 5.41) is 60.5. The Morgan fingerprint density at radius 2 is 1.59 bits per heavy atom. The summed E-state index contributed by atoms with van der Waals surface area (Å²) in [5.74, 6) is -1.61. The van der Waals surface area contributed by atoms with Crippen LogP contribution in [0, 0.1) is 0 Å². The van der Waals surface area contributed by atoms with E-state index in [-0.39, 0.29) is 45.5 Å². The van der Waals surface area contributed by atoms with Crippen molar-refractivity contribution >= 4 is 11.0 Å². The van der Waals surface area contributed by atoms with Gasteiger partial charge in [-0.15, -0.1) is 0 Å². The lowest BCUT2D eigenvalue weighted by Crippen LogP contribution is -2.60. The van der Waals surface area contributed by atoms with Crippen molar-refractivity contribution < 1.29 is 58.7 Å². The van der Waals surface area contributed by atoms with E-state index in [0.29, 0.717) is 5.56 Å². The molecule has 200 valence electrons. The lowest BCUT2D eigenvalue weighted by molar-refractivity contribution is -0.277. The number of fused-ring (bicyclic) bond motifs is 1. The Morgan fingerprint density at radius 1 is 0.892 bits per heavy atom. The zero-order chi connectivity index (χ0) is 27.0. The molecule has 3 aromatic rings. The van der Waals surface area contributed by atoms with Gasteiger partial charge in [-0.3, -0.25) is 4.79 Å². The van der Waals surface area contributed by atoms with Gasteiger partial charge < -0.3 is 58.7 Å². The van der Waals surface area contributed by atoms with Crippen LogP contribution in [0.1, 0.15) is 0 Å². The van der Waals surface area contributed by atoms with Crippen LogP contribution in [-0.4, -0.2) is 89.3 Å². The summed E-state index contributed by atoms with van der Waals surface area (Å²) in [6, 6.07) is 5.36. The lowest BCUT2D eigenvalue weighted by Gasteiger charge is -2.39. The average Bonchev–Trinajstić information content (AvgIpc) is 2.89. The summed E-state index contributed by atoms with van der Waals surface area (Å²) in [6.07, 6.45) is -8.09. The Labute approximate surface area is 209 Å². The molecule has 13 heteroatoms. The fraction of sp³-hybridized carbons (Fsp3) is 0.375. The van der Waals surface area contributed by atoms with Crippen molar-refractivity contribution in [3.05, 3.63) is 34.5 Å². The van der Waals surface area contributed by atoms with Crippen molar-refractivity contribution in [3.8, 4) is 45.8 Å². The van der Waals surface area contributed by atoms with Gasteiger partial charge in [0.2, 0.25) is 23.5 Å². The highest BCUT2D eigenvalue weighted by atomic mass is 16.7. The van der Waals surface area contributed by atoms with Gasteiger partial charge in [-0.1, -0.05) is 0 Å². The molecule has 0 bridgehead atoms. The number of methoxy groups -OCH3 is 3. The minimum Gasteiger partial charge on any atom is -0.504 e. The maximum absolute atomic E-state index is 13.1. The summed E-state index contributed by atoms with van der Waals surface area (Å²) in [7, 11) is 3.76. The first-order valence-electron chi connectivity index (χ1n) is 11.0. The van der Waals surface area contributed by atoms with Crippen molar-refractivity contribution in [1.29, 1.82) is 0 Å². The van der Waals surface area contributed by atoms with Gasteiger partial charge in [0.1, 0.15) is 35.6 Å². The van der Waals surface area contributed by atoms with E-state index in [2.05, 4.69) is 0 Å². The van der Waals surface area contributed by atoms with Crippen molar-refractivity contribution in [1.82, 2.24) is 0 Å². The van der Waals surface area contributed by atoms with Gasteiger partial charge in [0.15, 0.2) is 28.3 Å². The van der Waals surface area contributed by atoms with E-state index in [1.54, 1.807) is 0 Å². The number of phenols is 2. The fourth-order valence-electron chi connectivity index (χ4n) is 4.04. The molecule has 1 fully saturated rings. The molecule has 13 nitrogen and oxygen atoms in total. The largest absolute Gasteiger partial charge is 0.504 e. The minimum absolute atomic E-state index is 0.0254. The zero-order valence-corrected chi connectivity index (χ0v) is 19.9. The maximum atomic E-state index is 13.1. The van der Waals surface area contributed by atoms with Crippen molar-refractivity contribution in [2.24, 2.45) is 0 Å². The molecule has 4 rings (SSSR count). The highest BCUT2D eigenvalue weighted by Crippen LogP contribution is 2.51. The zero-order valence-electron chi connectivity index (χ0n) is 19.9. The molecule has 0 amide bonds. The number of benzene rings is 2. The molecular weight excluding hydrogens is 496 g/mol. The standard InChI is InChI=1S/C24H26O13/c1-32-13-6-9(4-5-10(13)26)12-7-11(27)15-17(29)21(33-2)23(22(34-3)20(15)35-12)37-24-19(31)18(30)16(28)14(8-25)36-24/h4-7,14,16,18-19,24-26,28-31H,8H2,1-3H3/t14-,16-,18+,19-,24+/m1/s1. The highest BCUT2D eigenvalue weighted by molar-refractivity contribution is 5.95. The summed E-state index contributed by atoms with van der Waals surface area (Å²) < 4.78 is 32.8. The summed E-state index contributed by atoms with van der Waals surface area (Å²) in [5.41, 5.74) is -0.575. The predicted octanol–water partition coefficient (Wildman–Crippen LogP) is 0.0757. The first kappa shape index (κ1) is 26.3. The molecule has 0 saturated carbocycles. The second-order valence-corrected chi connectivity index (χ2v) is 8.13. The third-order valence-corrected chi connectivity index (χ3v) is 5.97. The molecule has 0 radical (unpaired) electrons. The van der Waals surface area contributed by atoms with Crippen LogP contribution in [0.5, 0.6) is 34.5 Å². The van der Waals surface area contributed by atoms with Gasteiger partial charge in [-0.2, -0.15) is 0 Å². The van der Waals surface area contributed by atoms with E-state index >= 15 is 0 Å². The number of hydrogen-bond donors (Lipinski definition) is 6. The van der Waals surface area contributed by atoms with Crippen LogP contribution in [0.2, 0.25) is 0 Å². The van der Waals surface area contributed by atoms with Crippen molar-refractivity contribution in [3.63, 3.8) is 0 Å². The van der Waals surface area contributed by atoms with Crippen LogP contribution in [0.3, 0.4) is 0 Å². The Balaban J connectivity index is 1.91. The molecular formula is C24H26O13. The first-order chi connectivity index (χ1) is 17.7. The molecule has 2 heterocycles. The van der Waals surface area contributed by atoms with Crippen LogP contribution in [0.4, 0.5) is 0 Å².